The number of aryl methyl sites for hydroxylation is 2. The van der Waals surface area contributed by atoms with Crippen molar-refractivity contribution in [1.82, 2.24) is 4.98 Å². The number of ketones is 1. The number of pyridine rings is 1. The Bertz CT molecular complexity index is 1050. The maximum atomic E-state index is 12.8. The number of benzene rings is 1. The van der Waals surface area contributed by atoms with Crippen molar-refractivity contribution in [2.45, 2.75) is 45.4 Å². The van der Waals surface area contributed by atoms with E-state index in [0.717, 1.165) is 43.5 Å². The van der Waals surface area contributed by atoms with Crippen LogP contribution < -0.4 is 11.1 Å². The number of nitrogens with one attached hydrogen (secondary N) is 1. The molecule has 1 aliphatic carbocycles. The van der Waals surface area contributed by atoms with Gasteiger partial charge in [0.25, 0.3) is 5.91 Å². The molecular formula is C22H23N3O2S. The highest BCUT2D eigenvalue weighted by Crippen LogP contribution is 2.35. The minimum Gasteiger partial charge on any atom is -0.397 e. The third-order valence-corrected chi connectivity index (χ3v) is 6.27. The monoisotopic (exact) mass is 393 g/mol. The maximum Gasteiger partial charge on any atom is 0.267 e. The second kappa shape index (κ2) is 7.72. The molecule has 3 aromatic rings. The first-order valence-electron chi connectivity index (χ1n) is 9.72. The van der Waals surface area contributed by atoms with E-state index in [4.69, 9.17) is 5.73 Å². The van der Waals surface area contributed by atoms with Crippen LogP contribution in [-0.4, -0.2) is 16.7 Å². The van der Waals surface area contributed by atoms with Gasteiger partial charge in [0.15, 0.2) is 5.78 Å². The fraction of sp³-hybridized carbons (Fsp3) is 0.318. The van der Waals surface area contributed by atoms with E-state index in [-0.39, 0.29) is 11.7 Å². The number of thiophene rings is 1. The molecule has 1 aliphatic rings. The number of nitrogens with zero attached hydrogens (tertiary/aromatic N) is 1. The zero-order valence-electron chi connectivity index (χ0n) is 15.9. The molecule has 0 aliphatic heterocycles. The predicted octanol–water partition coefficient (Wildman–Crippen LogP) is 4.99. The van der Waals surface area contributed by atoms with Crippen molar-refractivity contribution in [1.29, 1.82) is 0 Å². The van der Waals surface area contributed by atoms with Crippen LogP contribution in [-0.2, 0) is 12.8 Å². The zero-order valence-corrected chi connectivity index (χ0v) is 16.7. The van der Waals surface area contributed by atoms with E-state index in [1.54, 1.807) is 0 Å². The molecule has 0 atom stereocenters. The number of fused-ring (bicyclic) bond motifs is 2. The molecule has 0 saturated carbocycles. The van der Waals surface area contributed by atoms with Gasteiger partial charge < -0.3 is 11.1 Å². The summed E-state index contributed by atoms with van der Waals surface area (Å²) in [5.41, 5.74) is 10.1. The van der Waals surface area contributed by atoms with E-state index >= 15 is 0 Å². The number of rotatable bonds is 5. The largest absolute Gasteiger partial charge is 0.397 e. The van der Waals surface area contributed by atoms with Crippen molar-refractivity contribution in [3.63, 3.8) is 0 Å². The lowest BCUT2D eigenvalue weighted by molar-refractivity contribution is 0.0970. The first-order chi connectivity index (χ1) is 13.6. The molecule has 6 heteroatoms. The predicted molar refractivity (Wildman–Crippen MR) is 114 cm³/mol. The molecule has 5 nitrogen and oxygen atoms in total. The Morgan fingerprint density at radius 1 is 1.25 bits per heavy atom. The van der Waals surface area contributed by atoms with Gasteiger partial charge in [-0.05, 0) is 49.4 Å². The summed E-state index contributed by atoms with van der Waals surface area (Å²) in [6, 6.07) is 9.73. The van der Waals surface area contributed by atoms with Gasteiger partial charge in [-0.15, -0.1) is 11.3 Å². The van der Waals surface area contributed by atoms with Gasteiger partial charge in [-0.3, -0.25) is 9.59 Å². The molecule has 0 spiro atoms. The first-order valence-corrected chi connectivity index (χ1v) is 10.5. The average Bonchev–Trinajstić information content (AvgIpc) is 3.02. The molecule has 3 N–H and O–H groups in total. The van der Waals surface area contributed by atoms with E-state index in [1.165, 1.54) is 16.9 Å². The normalized spacial score (nSPS) is 13.5. The number of unbranched alkanes of at least 4 members (excludes halogenated alkanes) is 1. The highest BCUT2D eigenvalue weighted by atomic mass is 32.1. The second-order valence-corrected chi connectivity index (χ2v) is 8.21. The first kappa shape index (κ1) is 18.6. The number of anilines is 2. The molecule has 0 fully saturated rings. The Balaban J connectivity index is 1.59. The molecular weight excluding hydrogens is 370 g/mol. The molecule has 144 valence electrons. The molecule has 0 bridgehead atoms. The van der Waals surface area contributed by atoms with Crippen LogP contribution in [0.25, 0.3) is 10.2 Å². The van der Waals surface area contributed by atoms with E-state index in [1.807, 2.05) is 30.3 Å². The van der Waals surface area contributed by atoms with Gasteiger partial charge in [-0.2, -0.15) is 0 Å². The Morgan fingerprint density at radius 3 is 2.79 bits per heavy atom. The van der Waals surface area contributed by atoms with Crippen LogP contribution in [0.4, 0.5) is 11.4 Å². The van der Waals surface area contributed by atoms with Crippen LogP contribution in [0.15, 0.2) is 30.3 Å². The molecule has 2 aromatic heterocycles. The summed E-state index contributed by atoms with van der Waals surface area (Å²) in [5, 5.41) is 3.61. The molecule has 1 amide bonds. The van der Waals surface area contributed by atoms with Crippen LogP contribution in [0.3, 0.4) is 0 Å². The lowest BCUT2D eigenvalue weighted by Gasteiger charge is -2.13. The van der Waals surface area contributed by atoms with Crippen molar-refractivity contribution in [2.75, 3.05) is 11.1 Å². The fourth-order valence-corrected chi connectivity index (χ4v) is 4.54. The molecule has 0 radical (unpaired) electrons. The second-order valence-electron chi connectivity index (χ2n) is 7.21. The zero-order chi connectivity index (χ0) is 19.7. The van der Waals surface area contributed by atoms with Gasteiger partial charge in [0, 0.05) is 23.1 Å². The van der Waals surface area contributed by atoms with Crippen molar-refractivity contribution in [2.24, 2.45) is 0 Å². The number of aromatic nitrogens is 1. The minimum absolute atomic E-state index is 0.107. The number of nitrogen functional groups attached to an aromatic ring is 1. The quantitative estimate of drug-likeness (QED) is 0.639. The lowest BCUT2D eigenvalue weighted by atomic mass is 9.94. The van der Waals surface area contributed by atoms with Gasteiger partial charge in [0.1, 0.15) is 9.71 Å². The van der Waals surface area contributed by atoms with Gasteiger partial charge in [0.2, 0.25) is 0 Å². The number of amides is 1. The highest BCUT2D eigenvalue weighted by Gasteiger charge is 2.23. The Labute approximate surface area is 168 Å². The van der Waals surface area contributed by atoms with Gasteiger partial charge in [-0.1, -0.05) is 25.5 Å². The molecule has 1 aromatic carbocycles. The standard InChI is InChI=1S/C22H23N3O2S/c1-2-3-5-13-8-10-14(11-9-13)24-21(27)20-19(23)16-12-15-17(25-22(16)28-20)6-4-7-18(15)26/h8-12H,2-7,23H2,1H3,(H,24,27). The minimum atomic E-state index is -0.244. The van der Waals surface area contributed by atoms with Crippen molar-refractivity contribution < 1.29 is 9.59 Å². The van der Waals surface area contributed by atoms with E-state index in [0.29, 0.717) is 32.8 Å². The van der Waals surface area contributed by atoms with Gasteiger partial charge >= 0.3 is 0 Å². The van der Waals surface area contributed by atoms with Crippen molar-refractivity contribution in [3.05, 3.63) is 52.0 Å². The summed E-state index contributed by atoms with van der Waals surface area (Å²) in [6.45, 7) is 2.17. The average molecular weight is 394 g/mol. The molecule has 0 unspecified atom stereocenters. The number of carbonyl (C=O) groups is 2. The number of Topliss-reactive ketones (excluding diaryl/α,β-unsaturated/α-hetero) is 1. The SMILES string of the molecule is CCCCc1ccc(NC(=O)c2sc3nc4c(cc3c2N)C(=O)CCC4)cc1. The molecule has 4 rings (SSSR count). The number of hydrogen-bond donors (Lipinski definition) is 2. The summed E-state index contributed by atoms with van der Waals surface area (Å²) >= 11 is 1.28. The number of nitrogens with two attached hydrogens (primary N) is 1. The Kier molecular flexibility index (Phi) is 5.13. The highest BCUT2D eigenvalue weighted by molar-refractivity contribution is 7.21. The van der Waals surface area contributed by atoms with E-state index in [2.05, 4.69) is 17.2 Å². The van der Waals surface area contributed by atoms with Crippen LogP contribution in [0.5, 0.6) is 0 Å². The van der Waals surface area contributed by atoms with E-state index < -0.39 is 0 Å². The van der Waals surface area contributed by atoms with Gasteiger partial charge in [-0.25, -0.2) is 4.98 Å². The summed E-state index contributed by atoms with van der Waals surface area (Å²) in [7, 11) is 0. The summed E-state index contributed by atoms with van der Waals surface area (Å²) in [4.78, 5) is 30.7. The summed E-state index contributed by atoms with van der Waals surface area (Å²) in [5.74, 6) is -0.137. The lowest BCUT2D eigenvalue weighted by Crippen LogP contribution is -2.12. The molecule has 2 heterocycles. The fourth-order valence-electron chi connectivity index (χ4n) is 3.55. The number of hydrogen-bond acceptors (Lipinski definition) is 5. The molecule has 0 saturated heterocycles. The van der Waals surface area contributed by atoms with E-state index in [9.17, 15) is 9.59 Å². The third-order valence-electron chi connectivity index (χ3n) is 5.15. The van der Waals surface area contributed by atoms with Crippen LogP contribution in [0.1, 0.15) is 63.9 Å². The third kappa shape index (κ3) is 3.52. The topological polar surface area (TPSA) is 85.1 Å². The maximum absolute atomic E-state index is 12.8. The van der Waals surface area contributed by atoms with Crippen molar-refractivity contribution >= 4 is 44.6 Å². The van der Waals surface area contributed by atoms with Crippen LogP contribution in [0.2, 0.25) is 0 Å². The summed E-state index contributed by atoms with van der Waals surface area (Å²) < 4.78 is 0. The number of carbonyl (C=O) groups excluding carboxylic acids is 2. The van der Waals surface area contributed by atoms with Crippen LogP contribution >= 0.6 is 11.3 Å². The van der Waals surface area contributed by atoms with Crippen molar-refractivity contribution in [3.8, 4) is 0 Å². The van der Waals surface area contributed by atoms with Gasteiger partial charge in [0.05, 0.1) is 11.4 Å². The Morgan fingerprint density at radius 2 is 2.04 bits per heavy atom. The molecule has 28 heavy (non-hydrogen) atoms. The smallest absolute Gasteiger partial charge is 0.267 e. The van der Waals surface area contributed by atoms with Crippen LogP contribution in [0, 0.1) is 0 Å². The Hall–Kier alpha value is -2.73. The summed E-state index contributed by atoms with van der Waals surface area (Å²) in [6.07, 6.45) is 5.53.